The van der Waals surface area contributed by atoms with Crippen molar-refractivity contribution in [2.75, 3.05) is 20.3 Å². The summed E-state index contributed by atoms with van der Waals surface area (Å²) in [7, 11) is 1.65. The van der Waals surface area contributed by atoms with Crippen molar-refractivity contribution in [2.24, 2.45) is 10.1 Å². The lowest BCUT2D eigenvalue weighted by Gasteiger charge is -2.04. The summed E-state index contributed by atoms with van der Waals surface area (Å²) in [5, 5.41) is 6.59. The average molecular weight is 434 g/mol. The SMILES string of the molecule is COCCN=c1scc(-c2ccc(F)cc2)n1/N=C\c1ccccc1Br. The molecule has 134 valence electrons. The Labute approximate surface area is 163 Å². The molecule has 0 aliphatic carbocycles. The molecule has 0 saturated heterocycles. The summed E-state index contributed by atoms with van der Waals surface area (Å²) in [6, 6.07) is 14.2. The smallest absolute Gasteiger partial charge is 0.206 e. The zero-order valence-electron chi connectivity index (χ0n) is 14.1. The van der Waals surface area contributed by atoms with Gasteiger partial charge >= 0.3 is 0 Å². The van der Waals surface area contributed by atoms with Gasteiger partial charge in [0.15, 0.2) is 0 Å². The van der Waals surface area contributed by atoms with Crippen molar-refractivity contribution < 1.29 is 9.13 Å². The topological polar surface area (TPSA) is 38.9 Å². The van der Waals surface area contributed by atoms with Gasteiger partial charge in [-0.3, -0.25) is 4.99 Å². The molecule has 0 fully saturated rings. The zero-order chi connectivity index (χ0) is 18.4. The number of nitrogens with zero attached hydrogens (tertiary/aromatic N) is 3. The van der Waals surface area contributed by atoms with Crippen LogP contribution in [-0.2, 0) is 4.74 Å². The van der Waals surface area contributed by atoms with Crippen molar-refractivity contribution in [3.05, 3.63) is 74.6 Å². The lowest BCUT2D eigenvalue weighted by atomic mass is 10.2. The molecule has 3 rings (SSSR count). The van der Waals surface area contributed by atoms with Gasteiger partial charge in [0.25, 0.3) is 0 Å². The summed E-state index contributed by atoms with van der Waals surface area (Å²) in [6.45, 7) is 1.09. The third-order valence-electron chi connectivity index (χ3n) is 3.59. The van der Waals surface area contributed by atoms with Gasteiger partial charge in [-0.2, -0.15) is 5.10 Å². The highest BCUT2D eigenvalue weighted by Crippen LogP contribution is 2.21. The van der Waals surface area contributed by atoms with Crippen LogP contribution in [0.2, 0.25) is 0 Å². The maximum atomic E-state index is 13.3. The molecule has 3 aromatic rings. The highest BCUT2D eigenvalue weighted by atomic mass is 79.9. The number of thiazole rings is 1. The van der Waals surface area contributed by atoms with Crippen molar-refractivity contribution >= 4 is 33.5 Å². The Hall–Kier alpha value is -2.09. The molecule has 4 nitrogen and oxygen atoms in total. The standard InChI is InChI=1S/C19H17BrFN3OS/c1-25-11-10-22-19-24(23-12-15-4-2-3-5-17(15)20)18(13-26-19)14-6-8-16(21)9-7-14/h2-9,12-13H,10-11H2,1H3/b22-19?,23-12-. The Kier molecular flexibility index (Phi) is 6.49. The van der Waals surface area contributed by atoms with Crippen LogP contribution in [-0.4, -0.2) is 31.2 Å². The van der Waals surface area contributed by atoms with E-state index in [0.29, 0.717) is 13.2 Å². The van der Waals surface area contributed by atoms with Crippen LogP contribution in [0.3, 0.4) is 0 Å². The first kappa shape index (κ1) is 18.7. The van der Waals surface area contributed by atoms with Gasteiger partial charge < -0.3 is 4.74 Å². The lowest BCUT2D eigenvalue weighted by Crippen LogP contribution is -2.13. The van der Waals surface area contributed by atoms with Crippen molar-refractivity contribution in [1.82, 2.24) is 4.68 Å². The van der Waals surface area contributed by atoms with E-state index in [9.17, 15) is 4.39 Å². The Morgan fingerprint density at radius 3 is 2.69 bits per heavy atom. The molecule has 0 atom stereocenters. The number of hydrogen-bond donors (Lipinski definition) is 0. The Morgan fingerprint density at radius 1 is 1.19 bits per heavy atom. The highest BCUT2D eigenvalue weighted by molar-refractivity contribution is 9.10. The van der Waals surface area contributed by atoms with Crippen LogP contribution >= 0.6 is 27.3 Å². The maximum absolute atomic E-state index is 13.3. The summed E-state index contributed by atoms with van der Waals surface area (Å²) in [4.78, 5) is 5.31. The summed E-state index contributed by atoms with van der Waals surface area (Å²) < 4.78 is 21.1. The number of aromatic nitrogens is 1. The number of halogens is 2. The van der Waals surface area contributed by atoms with Crippen molar-refractivity contribution in [1.29, 1.82) is 0 Å². The van der Waals surface area contributed by atoms with Gasteiger partial charge in [0.05, 0.1) is 25.1 Å². The Balaban J connectivity index is 2.04. The molecule has 0 amide bonds. The molecule has 1 heterocycles. The van der Waals surface area contributed by atoms with Crippen LogP contribution < -0.4 is 4.80 Å². The first-order chi connectivity index (χ1) is 12.7. The largest absolute Gasteiger partial charge is 0.383 e. The number of hydrogen-bond acceptors (Lipinski definition) is 4. The zero-order valence-corrected chi connectivity index (χ0v) is 16.5. The number of benzene rings is 2. The normalized spacial score (nSPS) is 12.2. The van der Waals surface area contributed by atoms with E-state index in [1.807, 2.05) is 29.6 Å². The van der Waals surface area contributed by atoms with E-state index in [1.165, 1.54) is 23.5 Å². The van der Waals surface area contributed by atoms with E-state index in [-0.39, 0.29) is 5.82 Å². The summed E-state index contributed by atoms with van der Waals surface area (Å²) >= 11 is 5.01. The van der Waals surface area contributed by atoms with Crippen molar-refractivity contribution in [3.8, 4) is 11.3 Å². The molecule has 0 aliphatic rings. The minimum atomic E-state index is -0.266. The summed E-state index contributed by atoms with van der Waals surface area (Å²) in [5.74, 6) is -0.266. The molecule has 0 bridgehead atoms. The fraction of sp³-hybridized carbons (Fsp3) is 0.158. The summed E-state index contributed by atoms with van der Waals surface area (Å²) in [6.07, 6.45) is 1.78. The predicted molar refractivity (Wildman–Crippen MR) is 107 cm³/mol. The first-order valence-corrected chi connectivity index (χ1v) is 9.61. The highest BCUT2D eigenvalue weighted by Gasteiger charge is 2.08. The van der Waals surface area contributed by atoms with Crippen LogP contribution in [0.15, 0.2) is 68.5 Å². The first-order valence-electron chi connectivity index (χ1n) is 7.94. The fourth-order valence-electron chi connectivity index (χ4n) is 2.27. The second-order valence-corrected chi connectivity index (χ2v) is 7.05. The molecular formula is C19H17BrFN3OS. The Bertz CT molecular complexity index is 963. The van der Waals surface area contributed by atoms with Crippen molar-refractivity contribution in [3.63, 3.8) is 0 Å². The van der Waals surface area contributed by atoms with Crippen LogP contribution in [0.25, 0.3) is 11.3 Å². The van der Waals surface area contributed by atoms with Gasteiger partial charge in [-0.15, -0.1) is 11.3 Å². The van der Waals surface area contributed by atoms with Crippen LogP contribution in [0.4, 0.5) is 4.39 Å². The van der Waals surface area contributed by atoms with E-state index < -0.39 is 0 Å². The van der Waals surface area contributed by atoms with Gasteiger partial charge in [0.1, 0.15) is 5.82 Å². The third kappa shape index (κ3) is 4.55. The number of ether oxygens (including phenoxy) is 1. The third-order valence-corrected chi connectivity index (χ3v) is 5.16. The minimum absolute atomic E-state index is 0.266. The molecule has 0 spiro atoms. The van der Waals surface area contributed by atoms with Crippen molar-refractivity contribution in [2.45, 2.75) is 0 Å². The van der Waals surface area contributed by atoms with Crippen LogP contribution in [0.1, 0.15) is 5.56 Å². The lowest BCUT2D eigenvalue weighted by molar-refractivity contribution is 0.207. The molecule has 0 aliphatic heterocycles. The molecule has 0 N–H and O–H groups in total. The quantitative estimate of drug-likeness (QED) is 0.415. The van der Waals surface area contributed by atoms with Crippen LogP contribution in [0.5, 0.6) is 0 Å². The molecular weight excluding hydrogens is 417 g/mol. The summed E-state index contributed by atoms with van der Waals surface area (Å²) in [5.41, 5.74) is 2.69. The molecule has 0 saturated carbocycles. The second kappa shape index (κ2) is 9.02. The Morgan fingerprint density at radius 2 is 1.96 bits per heavy atom. The van der Waals surface area contributed by atoms with Gasteiger partial charge in [0, 0.05) is 28.1 Å². The van der Waals surface area contributed by atoms with E-state index in [1.54, 1.807) is 30.1 Å². The van der Waals surface area contributed by atoms with E-state index in [2.05, 4.69) is 26.0 Å². The second-order valence-electron chi connectivity index (χ2n) is 5.36. The molecule has 2 aromatic carbocycles. The molecule has 1 aromatic heterocycles. The maximum Gasteiger partial charge on any atom is 0.206 e. The van der Waals surface area contributed by atoms with E-state index in [4.69, 9.17) is 4.74 Å². The van der Waals surface area contributed by atoms with Crippen LogP contribution in [0, 0.1) is 5.82 Å². The van der Waals surface area contributed by atoms with E-state index >= 15 is 0 Å². The van der Waals surface area contributed by atoms with Gasteiger partial charge in [-0.1, -0.05) is 34.1 Å². The van der Waals surface area contributed by atoms with Gasteiger partial charge in [0.2, 0.25) is 4.80 Å². The predicted octanol–water partition coefficient (Wildman–Crippen LogP) is 4.55. The molecule has 0 radical (unpaired) electrons. The molecule has 7 heteroatoms. The fourth-order valence-corrected chi connectivity index (χ4v) is 3.52. The molecule has 26 heavy (non-hydrogen) atoms. The number of rotatable bonds is 6. The minimum Gasteiger partial charge on any atom is -0.383 e. The monoisotopic (exact) mass is 433 g/mol. The average Bonchev–Trinajstić information content (AvgIpc) is 3.05. The van der Waals surface area contributed by atoms with Gasteiger partial charge in [-0.25, -0.2) is 9.07 Å². The molecule has 0 unspecified atom stereocenters. The van der Waals surface area contributed by atoms with E-state index in [0.717, 1.165) is 26.1 Å². The number of methoxy groups -OCH3 is 1. The van der Waals surface area contributed by atoms with Gasteiger partial charge in [-0.05, 0) is 30.3 Å².